The van der Waals surface area contributed by atoms with Gasteiger partial charge in [0.2, 0.25) is 0 Å². The van der Waals surface area contributed by atoms with Gasteiger partial charge in [-0.1, -0.05) is 61.7 Å². The van der Waals surface area contributed by atoms with Crippen LogP contribution in [0.25, 0.3) is 0 Å². The predicted octanol–water partition coefficient (Wildman–Crippen LogP) is 5.33. The minimum Gasteiger partial charge on any atom is -0.444 e. The Kier molecular flexibility index (Phi) is 10.1. The molecule has 6 nitrogen and oxygen atoms in total. The predicted molar refractivity (Wildman–Crippen MR) is 123 cm³/mol. The van der Waals surface area contributed by atoms with E-state index in [0.29, 0.717) is 0 Å². The van der Waals surface area contributed by atoms with Crippen molar-refractivity contribution in [3.8, 4) is 0 Å². The Morgan fingerprint density at radius 2 is 1.52 bits per heavy atom. The van der Waals surface area contributed by atoms with Crippen molar-refractivity contribution in [3.05, 3.63) is 12.7 Å². The van der Waals surface area contributed by atoms with Crippen LogP contribution in [0.15, 0.2) is 12.7 Å². The van der Waals surface area contributed by atoms with Gasteiger partial charge < -0.3 is 19.8 Å². The van der Waals surface area contributed by atoms with Crippen LogP contribution in [0.1, 0.15) is 48.5 Å². The van der Waals surface area contributed by atoms with E-state index in [-0.39, 0.29) is 5.04 Å². The monoisotopic (exact) mass is 488 g/mol. The molecule has 0 bridgehead atoms. The number of carbonyl (C=O) groups is 2. The zero-order valence-corrected chi connectivity index (χ0v) is 22.1. The van der Waals surface area contributed by atoms with E-state index in [0.717, 1.165) is 0 Å². The van der Waals surface area contributed by atoms with Crippen LogP contribution in [0.4, 0.5) is 4.79 Å². The molecule has 0 fully saturated rings. The first-order valence-electron chi connectivity index (χ1n) is 9.39. The maximum absolute atomic E-state index is 12.4. The van der Waals surface area contributed by atoms with Gasteiger partial charge in [0.15, 0.2) is 8.32 Å². The number of nitrogens with one attached hydrogen (secondary N) is 2. The van der Waals surface area contributed by atoms with E-state index in [1.807, 2.05) is 6.92 Å². The van der Waals surface area contributed by atoms with Crippen molar-refractivity contribution in [3.63, 3.8) is 0 Å². The normalized spacial score (nSPS) is 16.4. The average molecular weight is 490 g/mol. The van der Waals surface area contributed by atoms with Gasteiger partial charge in [-0.2, -0.15) is 0 Å². The molecule has 0 saturated heterocycles. The number of alkyl carbamates (subject to hydrolysis) is 1. The van der Waals surface area contributed by atoms with E-state index in [4.69, 9.17) is 44.0 Å². The molecule has 0 heterocycles. The summed E-state index contributed by atoms with van der Waals surface area (Å²) in [6.45, 7) is 21.4. The van der Waals surface area contributed by atoms with Crippen LogP contribution in [0.2, 0.25) is 18.1 Å². The Hall–Kier alpha value is -0.473. The van der Waals surface area contributed by atoms with Gasteiger partial charge in [0.25, 0.3) is 9.70 Å². The molecule has 0 aliphatic carbocycles. The van der Waals surface area contributed by atoms with Crippen LogP contribution < -0.4 is 10.6 Å². The molecule has 2 amide bonds. The van der Waals surface area contributed by atoms with Crippen LogP contribution in [0.3, 0.4) is 0 Å². The summed E-state index contributed by atoms with van der Waals surface area (Å²) in [4.78, 5) is 24.6. The van der Waals surface area contributed by atoms with Gasteiger partial charge in [-0.05, 0) is 45.8 Å². The Labute approximate surface area is 191 Å². The van der Waals surface area contributed by atoms with E-state index in [1.165, 1.54) is 6.08 Å². The van der Waals surface area contributed by atoms with E-state index < -0.39 is 47.9 Å². The molecule has 0 spiro atoms. The van der Waals surface area contributed by atoms with E-state index >= 15 is 0 Å². The van der Waals surface area contributed by atoms with Crippen molar-refractivity contribution in [1.82, 2.24) is 10.6 Å². The molecule has 0 unspecified atom stereocenters. The summed E-state index contributed by atoms with van der Waals surface area (Å²) < 4.78 is 9.63. The molecule has 10 heteroatoms. The Bertz CT molecular complexity index is 596. The van der Waals surface area contributed by atoms with E-state index in [2.05, 4.69) is 51.1 Å². The summed E-state index contributed by atoms with van der Waals surface area (Å²) >= 11 is 17.0. The highest BCUT2D eigenvalue weighted by atomic mass is 35.6. The third-order valence-corrected chi connectivity index (χ3v) is 9.76. The number of alkyl halides is 3. The van der Waals surface area contributed by atoms with Gasteiger partial charge in [-0.3, -0.25) is 4.79 Å². The first kappa shape index (κ1) is 28.5. The molecule has 0 aromatic carbocycles. The summed E-state index contributed by atoms with van der Waals surface area (Å²) in [6, 6.07) is -1.46. The second kappa shape index (κ2) is 10.2. The standard InChI is InChI=1S/C19H35Cl3N2O4Si/c1-11-13(23-15(25)19(20,21)22)14(24-16(26)27-17(3,4)5)12(2)28-29(9,10)18(6,7)8/h11-14H,1H2,2-10H3,(H,23,25)(H,24,26)/t12-,13+,14-/m0/s1. The van der Waals surface area contributed by atoms with Crippen molar-refractivity contribution in [2.45, 2.75) is 94.2 Å². The summed E-state index contributed by atoms with van der Waals surface area (Å²) in [6.07, 6.45) is 0.326. The van der Waals surface area contributed by atoms with Gasteiger partial charge in [0.05, 0.1) is 18.2 Å². The Morgan fingerprint density at radius 3 is 1.86 bits per heavy atom. The molecule has 0 aliphatic heterocycles. The summed E-state index contributed by atoms with van der Waals surface area (Å²) in [5.41, 5.74) is -0.692. The quantitative estimate of drug-likeness (QED) is 0.288. The zero-order chi connectivity index (χ0) is 23.4. The molecule has 0 rings (SSSR count). The minimum atomic E-state index is -2.18. The third kappa shape index (κ3) is 9.92. The first-order chi connectivity index (χ1) is 12.7. The fraction of sp³-hybridized carbons (Fsp3) is 0.789. The number of hydrogen-bond acceptors (Lipinski definition) is 4. The summed E-state index contributed by atoms with van der Waals surface area (Å²) in [5, 5.41) is 5.32. The number of halogens is 3. The topological polar surface area (TPSA) is 76.7 Å². The molecule has 0 radical (unpaired) electrons. The van der Waals surface area contributed by atoms with Crippen molar-refractivity contribution in [2.24, 2.45) is 0 Å². The first-order valence-corrected chi connectivity index (χ1v) is 13.4. The minimum absolute atomic E-state index is 0.0534. The largest absolute Gasteiger partial charge is 0.444 e. The highest BCUT2D eigenvalue weighted by molar-refractivity contribution is 6.76. The number of hydrogen-bond donors (Lipinski definition) is 2. The van der Waals surface area contributed by atoms with Gasteiger partial charge in [0.1, 0.15) is 5.60 Å². The maximum atomic E-state index is 12.4. The van der Waals surface area contributed by atoms with Crippen LogP contribution in [-0.2, 0) is 14.0 Å². The molecule has 2 N–H and O–H groups in total. The number of carbonyl (C=O) groups excluding carboxylic acids is 2. The molecular weight excluding hydrogens is 455 g/mol. The molecule has 0 aliphatic rings. The van der Waals surface area contributed by atoms with Crippen LogP contribution in [-0.4, -0.2) is 47.9 Å². The molecule has 0 aromatic heterocycles. The summed E-state index contributed by atoms with van der Waals surface area (Å²) in [5.74, 6) is -0.831. The summed E-state index contributed by atoms with van der Waals surface area (Å²) in [7, 11) is -2.18. The molecule has 170 valence electrons. The molecule has 0 aromatic rings. The molecular formula is C19H35Cl3N2O4Si. The molecule has 3 atom stereocenters. The molecule has 29 heavy (non-hydrogen) atoms. The van der Waals surface area contributed by atoms with E-state index in [9.17, 15) is 9.59 Å². The van der Waals surface area contributed by atoms with Crippen LogP contribution in [0, 0.1) is 0 Å². The highest BCUT2D eigenvalue weighted by Gasteiger charge is 2.42. The lowest BCUT2D eigenvalue weighted by Crippen LogP contribution is -2.60. The SMILES string of the molecule is C=C[C@@H](NC(=O)C(Cl)(Cl)Cl)[C@@H](NC(=O)OC(C)(C)C)[C@H](C)O[Si](C)(C)C(C)(C)C. The van der Waals surface area contributed by atoms with Gasteiger partial charge in [-0.15, -0.1) is 6.58 Å². The molecule has 0 saturated carbocycles. The van der Waals surface area contributed by atoms with Crippen molar-refractivity contribution in [2.75, 3.05) is 0 Å². The lowest BCUT2D eigenvalue weighted by Gasteiger charge is -2.42. The van der Waals surface area contributed by atoms with Crippen molar-refractivity contribution in [1.29, 1.82) is 0 Å². The van der Waals surface area contributed by atoms with Crippen molar-refractivity contribution < 1.29 is 18.8 Å². The van der Waals surface area contributed by atoms with Gasteiger partial charge in [0, 0.05) is 0 Å². The number of ether oxygens (including phenoxy) is 1. The fourth-order valence-corrected chi connectivity index (χ4v) is 3.78. The van der Waals surface area contributed by atoms with E-state index in [1.54, 1.807) is 20.8 Å². The Balaban J connectivity index is 5.76. The number of rotatable bonds is 7. The lowest BCUT2D eigenvalue weighted by molar-refractivity contribution is -0.121. The zero-order valence-electron chi connectivity index (χ0n) is 18.8. The lowest BCUT2D eigenvalue weighted by atomic mass is 10.0. The van der Waals surface area contributed by atoms with Crippen LogP contribution in [0.5, 0.6) is 0 Å². The van der Waals surface area contributed by atoms with Gasteiger partial charge >= 0.3 is 6.09 Å². The smallest absolute Gasteiger partial charge is 0.408 e. The number of amides is 2. The Morgan fingerprint density at radius 1 is 1.03 bits per heavy atom. The second-order valence-corrected chi connectivity index (χ2v) is 16.5. The van der Waals surface area contributed by atoms with Crippen LogP contribution >= 0.6 is 34.8 Å². The van der Waals surface area contributed by atoms with Crippen molar-refractivity contribution >= 4 is 55.1 Å². The maximum Gasteiger partial charge on any atom is 0.408 e. The fourth-order valence-electron chi connectivity index (χ4n) is 2.19. The third-order valence-electron chi connectivity index (χ3n) is 4.67. The average Bonchev–Trinajstić information content (AvgIpc) is 2.45. The van der Waals surface area contributed by atoms with Gasteiger partial charge in [-0.25, -0.2) is 4.79 Å². The second-order valence-electron chi connectivity index (χ2n) is 9.49. The highest BCUT2D eigenvalue weighted by Crippen LogP contribution is 2.37.